The van der Waals surface area contributed by atoms with E-state index >= 15 is 0 Å². The highest BCUT2D eigenvalue weighted by molar-refractivity contribution is 6.32. The standard InChI is InChI=1S/C15H12ClN3O5/c16-13-12(5-2-6-17-13)14(20)18-7-8-24-15(21)10-3-1-4-11(9-10)19(22)23/h1-6,9H,7-8H2,(H,18,20). The molecule has 0 fully saturated rings. The van der Waals surface area contributed by atoms with Crippen LogP contribution in [0.1, 0.15) is 20.7 Å². The molecule has 0 saturated heterocycles. The summed E-state index contributed by atoms with van der Waals surface area (Å²) < 4.78 is 4.95. The van der Waals surface area contributed by atoms with Gasteiger partial charge in [-0.1, -0.05) is 17.7 Å². The lowest BCUT2D eigenvalue weighted by Gasteiger charge is -2.07. The maximum Gasteiger partial charge on any atom is 0.338 e. The molecule has 0 atom stereocenters. The number of benzene rings is 1. The predicted octanol–water partition coefficient (Wildman–Crippen LogP) is 2.23. The second-order valence-electron chi connectivity index (χ2n) is 4.54. The van der Waals surface area contributed by atoms with Crippen molar-refractivity contribution in [2.45, 2.75) is 0 Å². The third-order valence-electron chi connectivity index (χ3n) is 2.92. The highest BCUT2D eigenvalue weighted by atomic mass is 35.5. The van der Waals surface area contributed by atoms with Gasteiger partial charge in [0.25, 0.3) is 11.6 Å². The number of nitro benzene ring substituents is 1. The Morgan fingerprint density at radius 2 is 2.08 bits per heavy atom. The molecule has 9 heteroatoms. The molecule has 8 nitrogen and oxygen atoms in total. The van der Waals surface area contributed by atoms with Crippen molar-refractivity contribution in [3.63, 3.8) is 0 Å². The van der Waals surface area contributed by atoms with Gasteiger partial charge in [-0.05, 0) is 18.2 Å². The highest BCUT2D eigenvalue weighted by Gasteiger charge is 2.13. The van der Waals surface area contributed by atoms with Crippen molar-refractivity contribution >= 4 is 29.2 Å². The molecule has 1 heterocycles. The van der Waals surface area contributed by atoms with Gasteiger partial charge in [-0.3, -0.25) is 14.9 Å². The number of carbonyl (C=O) groups excluding carboxylic acids is 2. The molecule has 0 aliphatic carbocycles. The average molecular weight is 350 g/mol. The molecule has 1 aromatic heterocycles. The van der Waals surface area contributed by atoms with Gasteiger partial charge in [0.1, 0.15) is 11.8 Å². The zero-order valence-corrected chi connectivity index (χ0v) is 13.0. The zero-order chi connectivity index (χ0) is 17.5. The molecule has 0 bridgehead atoms. The third-order valence-corrected chi connectivity index (χ3v) is 3.22. The number of nitrogens with zero attached hydrogens (tertiary/aromatic N) is 2. The van der Waals surface area contributed by atoms with E-state index in [0.717, 1.165) is 6.07 Å². The molecule has 124 valence electrons. The Kier molecular flexibility index (Phi) is 5.80. The Labute approximate surface area is 141 Å². The van der Waals surface area contributed by atoms with Crippen LogP contribution in [0.15, 0.2) is 42.6 Å². The summed E-state index contributed by atoms with van der Waals surface area (Å²) in [5.74, 6) is -1.16. The van der Waals surface area contributed by atoms with E-state index in [2.05, 4.69) is 10.3 Å². The number of amides is 1. The quantitative estimate of drug-likeness (QED) is 0.281. The van der Waals surface area contributed by atoms with E-state index < -0.39 is 16.8 Å². The van der Waals surface area contributed by atoms with Crippen LogP contribution in [0.3, 0.4) is 0 Å². The summed E-state index contributed by atoms with van der Waals surface area (Å²) in [5, 5.41) is 13.3. The predicted molar refractivity (Wildman–Crippen MR) is 85.0 cm³/mol. The minimum atomic E-state index is -0.715. The highest BCUT2D eigenvalue weighted by Crippen LogP contribution is 2.14. The number of carbonyl (C=O) groups is 2. The summed E-state index contributed by atoms with van der Waals surface area (Å²) in [6, 6.07) is 8.28. The number of rotatable bonds is 6. The van der Waals surface area contributed by atoms with Crippen LogP contribution < -0.4 is 5.32 Å². The Balaban J connectivity index is 1.83. The molecule has 0 saturated carbocycles. The minimum absolute atomic E-state index is 0.0602. The van der Waals surface area contributed by atoms with Crippen LogP contribution in [-0.4, -0.2) is 34.9 Å². The van der Waals surface area contributed by atoms with Gasteiger partial charge in [0.2, 0.25) is 0 Å². The molecular weight excluding hydrogens is 338 g/mol. The van der Waals surface area contributed by atoms with Crippen molar-refractivity contribution in [1.29, 1.82) is 0 Å². The zero-order valence-electron chi connectivity index (χ0n) is 12.3. The number of halogens is 1. The fourth-order valence-electron chi connectivity index (χ4n) is 1.79. The van der Waals surface area contributed by atoms with E-state index in [1.54, 1.807) is 6.07 Å². The lowest BCUT2D eigenvalue weighted by molar-refractivity contribution is -0.384. The molecule has 1 amide bonds. The second-order valence-corrected chi connectivity index (χ2v) is 4.90. The molecule has 2 aromatic rings. The van der Waals surface area contributed by atoms with Crippen LogP contribution in [0.2, 0.25) is 5.15 Å². The average Bonchev–Trinajstić information content (AvgIpc) is 2.58. The Hall–Kier alpha value is -3.00. The lowest BCUT2D eigenvalue weighted by atomic mass is 10.2. The second kappa shape index (κ2) is 8.02. The van der Waals surface area contributed by atoms with E-state index in [1.807, 2.05) is 0 Å². The number of nitro groups is 1. The number of pyridine rings is 1. The Bertz CT molecular complexity index is 781. The summed E-state index contributed by atoms with van der Waals surface area (Å²) in [4.78, 5) is 37.5. The van der Waals surface area contributed by atoms with Crippen LogP contribution in [0, 0.1) is 10.1 Å². The van der Waals surface area contributed by atoms with Crippen molar-refractivity contribution in [1.82, 2.24) is 10.3 Å². The summed E-state index contributed by atoms with van der Waals surface area (Å²) in [6.45, 7) is -0.0319. The molecule has 1 aromatic carbocycles. The number of non-ortho nitro benzene ring substituents is 1. The van der Waals surface area contributed by atoms with Gasteiger partial charge in [0.05, 0.1) is 22.6 Å². The van der Waals surface area contributed by atoms with Crippen molar-refractivity contribution in [3.8, 4) is 0 Å². The van der Waals surface area contributed by atoms with Crippen LogP contribution >= 0.6 is 11.6 Å². The molecule has 1 N–H and O–H groups in total. The number of nitrogens with one attached hydrogen (secondary N) is 1. The van der Waals surface area contributed by atoms with Crippen molar-refractivity contribution in [2.75, 3.05) is 13.2 Å². The van der Waals surface area contributed by atoms with Crippen LogP contribution in [0.4, 0.5) is 5.69 Å². The molecule has 0 unspecified atom stereocenters. The first-order valence-electron chi connectivity index (χ1n) is 6.79. The van der Waals surface area contributed by atoms with Crippen molar-refractivity contribution < 1.29 is 19.2 Å². The maximum absolute atomic E-state index is 11.8. The van der Waals surface area contributed by atoms with Gasteiger partial charge in [-0.25, -0.2) is 9.78 Å². The fourth-order valence-corrected chi connectivity index (χ4v) is 1.99. The van der Waals surface area contributed by atoms with E-state index in [4.69, 9.17) is 16.3 Å². The van der Waals surface area contributed by atoms with E-state index in [0.29, 0.717) is 0 Å². The van der Waals surface area contributed by atoms with Gasteiger partial charge in [0, 0.05) is 18.3 Å². The van der Waals surface area contributed by atoms with Crippen molar-refractivity contribution in [3.05, 3.63) is 69.0 Å². The molecule has 2 rings (SSSR count). The SMILES string of the molecule is O=C(OCCNC(=O)c1cccnc1Cl)c1cccc([N+](=O)[O-])c1. The van der Waals surface area contributed by atoms with Gasteiger partial charge < -0.3 is 10.1 Å². The monoisotopic (exact) mass is 349 g/mol. The van der Waals surface area contributed by atoms with Gasteiger partial charge in [-0.2, -0.15) is 0 Å². The Morgan fingerprint density at radius 3 is 2.79 bits per heavy atom. The topological polar surface area (TPSA) is 111 Å². The minimum Gasteiger partial charge on any atom is -0.460 e. The first-order chi connectivity index (χ1) is 11.5. The van der Waals surface area contributed by atoms with Gasteiger partial charge in [0.15, 0.2) is 0 Å². The molecule has 24 heavy (non-hydrogen) atoms. The number of esters is 1. The lowest BCUT2D eigenvalue weighted by Crippen LogP contribution is -2.28. The molecule has 0 aliphatic rings. The molecule has 0 radical (unpaired) electrons. The number of hydrogen-bond donors (Lipinski definition) is 1. The number of hydrogen-bond acceptors (Lipinski definition) is 6. The molecular formula is C15H12ClN3O5. The number of aromatic nitrogens is 1. The van der Waals surface area contributed by atoms with Crippen LogP contribution in [-0.2, 0) is 4.74 Å². The summed E-state index contributed by atoms with van der Waals surface area (Å²) in [6.07, 6.45) is 1.46. The third kappa shape index (κ3) is 4.50. The molecule has 0 aliphatic heterocycles. The van der Waals surface area contributed by atoms with Gasteiger partial charge >= 0.3 is 5.97 Å². The molecule has 0 spiro atoms. The number of ether oxygens (including phenoxy) is 1. The summed E-state index contributed by atoms with van der Waals surface area (Å²) in [7, 11) is 0. The van der Waals surface area contributed by atoms with Crippen LogP contribution in [0.5, 0.6) is 0 Å². The first kappa shape index (κ1) is 17.4. The summed E-state index contributed by atoms with van der Waals surface area (Å²) in [5.41, 5.74) is 0.0685. The normalized spacial score (nSPS) is 10.0. The van der Waals surface area contributed by atoms with Crippen LogP contribution in [0.25, 0.3) is 0 Å². The maximum atomic E-state index is 11.8. The van der Waals surface area contributed by atoms with E-state index in [9.17, 15) is 19.7 Å². The van der Waals surface area contributed by atoms with E-state index in [1.165, 1.54) is 30.5 Å². The smallest absolute Gasteiger partial charge is 0.338 e. The Morgan fingerprint density at radius 1 is 1.29 bits per heavy atom. The fraction of sp³-hybridized carbons (Fsp3) is 0.133. The summed E-state index contributed by atoms with van der Waals surface area (Å²) >= 11 is 5.79. The van der Waals surface area contributed by atoms with Gasteiger partial charge in [-0.15, -0.1) is 0 Å². The van der Waals surface area contributed by atoms with Crippen molar-refractivity contribution in [2.24, 2.45) is 0 Å². The van der Waals surface area contributed by atoms with E-state index in [-0.39, 0.29) is 35.1 Å². The first-order valence-corrected chi connectivity index (χ1v) is 7.17. The largest absolute Gasteiger partial charge is 0.460 e.